The molecule has 1 aromatic heterocycles. The second kappa shape index (κ2) is 5.27. The van der Waals surface area contributed by atoms with Gasteiger partial charge in [-0.1, -0.05) is 0 Å². The number of hydrogen-bond donors (Lipinski definition) is 0. The van der Waals surface area contributed by atoms with Gasteiger partial charge in [-0.2, -0.15) is 0 Å². The first kappa shape index (κ1) is 6.38. The van der Waals surface area contributed by atoms with Gasteiger partial charge in [0.25, 0.3) is 0 Å². The Balaban J connectivity index is 2.81. The third-order valence-corrected chi connectivity index (χ3v) is 5.88. The molecule has 0 N–H and O–H groups in total. The van der Waals surface area contributed by atoms with Crippen molar-refractivity contribution in [2.24, 2.45) is 0 Å². The van der Waals surface area contributed by atoms with Crippen LogP contribution in [0, 0.1) is 0 Å². The quantitative estimate of drug-likeness (QED) is 0.785. The molecule has 1 heterocycles. The summed E-state index contributed by atoms with van der Waals surface area (Å²) in [6, 6.07) is 10.6. The van der Waals surface area contributed by atoms with Crippen LogP contribution < -0.4 is 4.40 Å². The molecule has 2 rings (SSSR count). The summed E-state index contributed by atoms with van der Waals surface area (Å²) in [7, 11) is 0. The molecule has 0 aliphatic heterocycles. The van der Waals surface area contributed by atoms with Crippen molar-refractivity contribution in [1.29, 1.82) is 0 Å². The van der Waals surface area contributed by atoms with Crippen LogP contribution in [0.1, 0.15) is 23.5 Å². The van der Waals surface area contributed by atoms with E-state index in [1.807, 2.05) is 30.3 Å². The van der Waals surface area contributed by atoms with Crippen LogP contribution in [0.15, 0.2) is 42.6 Å². The van der Waals surface area contributed by atoms with Gasteiger partial charge < -0.3 is 0 Å². The molecule has 0 atom stereocenters. The van der Waals surface area contributed by atoms with E-state index in [2.05, 4.69) is 4.98 Å². The van der Waals surface area contributed by atoms with Crippen molar-refractivity contribution >= 4 is 17.7 Å². The molecular formula is C16H21GeN. The molecule has 2 aromatic rings. The van der Waals surface area contributed by atoms with E-state index in [4.69, 9.17) is 11.0 Å². The summed E-state index contributed by atoms with van der Waals surface area (Å²) in [4.78, 5) is 4.30. The van der Waals surface area contributed by atoms with Crippen molar-refractivity contribution in [1.82, 2.24) is 4.98 Å². The van der Waals surface area contributed by atoms with Gasteiger partial charge in [-0.05, 0) is 0 Å². The first-order valence-corrected chi connectivity index (χ1v) is 11.0. The molecule has 0 spiro atoms. The van der Waals surface area contributed by atoms with Gasteiger partial charge in [0.05, 0.1) is 0 Å². The van der Waals surface area contributed by atoms with Crippen molar-refractivity contribution in [2.45, 2.75) is 30.4 Å². The summed E-state index contributed by atoms with van der Waals surface area (Å²) in [5, 5.41) is 0. The third-order valence-electron chi connectivity index (χ3n) is 2.78. The molecule has 0 unspecified atom stereocenters. The van der Waals surface area contributed by atoms with Crippen LogP contribution in [0.5, 0.6) is 0 Å². The number of hydrogen-bond acceptors (Lipinski definition) is 1. The van der Waals surface area contributed by atoms with Crippen molar-refractivity contribution in [2.75, 3.05) is 0 Å². The Morgan fingerprint density at radius 2 is 2.00 bits per heavy atom. The number of rotatable bonds is 3. The molecule has 0 aliphatic rings. The normalized spacial score (nSPS) is 20.3. The van der Waals surface area contributed by atoms with E-state index in [1.54, 1.807) is 0 Å². The van der Waals surface area contributed by atoms with Gasteiger partial charge in [0.15, 0.2) is 0 Å². The van der Waals surface area contributed by atoms with Gasteiger partial charge in [0.2, 0.25) is 0 Å². The molecule has 0 fully saturated rings. The number of aryl methyl sites for hydroxylation is 1. The molecule has 0 bridgehead atoms. The van der Waals surface area contributed by atoms with Crippen LogP contribution in [0.4, 0.5) is 0 Å². The van der Waals surface area contributed by atoms with E-state index in [-0.39, 0.29) is 9.96 Å². The second-order valence-electron chi connectivity index (χ2n) is 4.36. The molecule has 0 aliphatic carbocycles. The van der Waals surface area contributed by atoms with Gasteiger partial charge >= 0.3 is 123 Å². The monoisotopic (exact) mass is 309 g/mol. The van der Waals surface area contributed by atoms with Crippen molar-refractivity contribution < 1.29 is 11.0 Å². The van der Waals surface area contributed by atoms with Crippen LogP contribution in [0.3, 0.4) is 0 Å². The number of aromatic nitrogens is 1. The maximum atomic E-state index is 8.16. The van der Waals surface area contributed by atoms with E-state index in [1.165, 1.54) is 24.9 Å². The zero-order valence-electron chi connectivity index (χ0n) is 18.5. The Morgan fingerprint density at radius 1 is 1.28 bits per heavy atom. The zero-order valence-corrected chi connectivity index (χ0v) is 12.6. The second-order valence-corrected chi connectivity index (χ2v) is 10.2. The SMILES string of the molecule is [2H]C([2H])(C)c1cc(-c2ccccc2)nc[c]1[Ge]([CH3])([C]([2H])([2H])[2H])[C]([2H])([2H])[2H]. The van der Waals surface area contributed by atoms with Crippen LogP contribution in [-0.2, 0) is 6.37 Å². The van der Waals surface area contributed by atoms with Gasteiger partial charge in [0.1, 0.15) is 0 Å². The van der Waals surface area contributed by atoms with Gasteiger partial charge in [-0.15, -0.1) is 0 Å². The molecule has 0 amide bonds. The summed E-state index contributed by atoms with van der Waals surface area (Å²) in [5.41, 5.74) is -4.03. The van der Waals surface area contributed by atoms with Crippen LogP contribution >= 0.6 is 0 Å². The third kappa shape index (κ3) is 2.83. The minimum atomic E-state index is -4.76. The van der Waals surface area contributed by atoms with E-state index in [9.17, 15) is 0 Å². The number of benzene rings is 1. The first-order chi connectivity index (χ1) is 11.7. The topological polar surface area (TPSA) is 12.9 Å². The van der Waals surface area contributed by atoms with E-state index >= 15 is 0 Å². The van der Waals surface area contributed by atoms with Crippen molar-refractivity contribution in [3.8, 4) is 11.3 Å². The average Bonchev–Trinajstić information content (AvgIpc) is 2.51. The Kier molecular flexibility index (Phi) is 1.87. The Hall–Kier alpha value is -1.09. The molecule has 94 valence electrons. The summed E-state index contributed by atoms with van der Waals surface area (Å²) in [6.45, 7) is 1.31. The average molecular weight is 308 g/mol. The predicted molar refractivity (Wildman–Crippen MR) is 82.0 cm³/mol. The predicted octanol–water partition coefficient (Wildman–Crippen LogP) is 3.86. The maximum absolute atomic E-state index is 8.16. The molecule has 0 saturated carbocycles. The summed E-state index contributed by atoms with van der Waals surface area (Å²) in [5.74, 6) is 1.31. The van der Waals surface area contributed by atoms with Gasteiger partial charge in [-0.3, -0.25) is 0 Å². The molecule has 18 heavy (non-hydrogen) atoms. The molecular weight excluding hydrogens is 279 g/mol. The van der Waals surface area contributed by atoms with E-state index in [0.29, 0.717) is 5.69 Å². The van der Waals surface area contributed by atoms with E-state index in [0.717, 1.165) is 5.56 Å². The number of pyridine rings is 1. The van der Waals surface area contributed by atoms with Crippen molar-refractivity contribution in [3.05, 3.63) is 48.2 Å². The standard InChI is InChI=1S/C16H21GeN/c1-5-13-11-16(14-9-7-6-8-10-14)18-12-15(13)17(2,3)4/h6-12H,5H2,1-4H3/i2D3,3D3,5D2. The molecule has 0 saturated heterocycles. The van der Waals surface area contributed by atoms with Crippen LogP contribution in [-0.4, -0.2) is 18.3 Å². The Labute approximate surface area is 124 Å². The fraction of sp³-hybridized carbons (Fsp3) is 0.312. The molecule has 1 aromatic carbocycles. The first-order valence-electron chi connectivity index (χ1n) is 9.76. The fourth-order valence-electron chi connectivity index (χ4n) is 1.83. The van der Waals surface area contributed by atoms with Crippen LogP contribution in [0.25, 0.3) is 11.3 Å². The summed E-state index contributed by atoms with van der Waals surface area (Å²) < 4.78 is 63.8. The minimum absolute atomic E-state index is 0.0668. The molecule has 1 nitrogen and oxygen atoms in total. The fourth-order valence-corrected chi connectivity index (χ4v) is 4.05. The van der Waals surface area contributed by atoms with Crippen LogP contribution in [0.2, 0.25) is 17.1 Å². The Bertz CT molecular complexity index is 764. The molecule has 0 radical (unpaired) electrons. The number of nitrogens with zero attached hydrogens (tertiary/aromatic N) is 1. The summed E-state index contributed by atoms with van der Waals surface area (Å²) in [6.07, 6.45) is -0.622. The summed E-state index contributed by atoms with van der Waals surface area (Å²) >= 11 is -4.76. The molecule has 2 heteroatoms. The Morgan fingerprint density at radius 3 is 2.61 bits per heavy atom. The zero-order chi connectivity index (χ0) is 20.0. The van der Waals surface area contributed by atoms with Gasteiger partial charge in [0, 0.05) is 0 Å². The van der Waals surface area contributed by atoms with E-state index < -0.39 is 31.0 Å². The van der Waals surface area contributed by atoms with Crippen molar-refractivity contribution in [3.63, 3.8) is 0 Å². The van der Waals surface area contributed by atoms with Gasteiger partial charge in [-0.25, -0.2) is 0 Å².